The third-order valence-corrected chi connectivity index (χ3v) is 2.75. The number of carbonyl (C=O) groups excluding carboxylic acids is 1. The van der Waals surface area contributed by atoms with Crippen molar-refractivity contribution in [1.29, 1.82) is 0 Å². The zero-order valence-corrected chi connectivity index (χ0v) is 11.5. The summed E-state index contributed by atoms with van der Waals surface area (Å²) in [6, 6.07) is 7.79. The van der Waals surface area contributed by atoms with Crippen molar-refractivity contribution in [3.8, 4) is 5.75 Å². The summed E-state index contributed by atoms with van der Waals surface area (Å²) in [5.41, 5.74) is 1.27. The number of benzene rings is 1. The topological polar surface area (TPSA) is 35.5 Å². The van der Waals surface area contributed by atoms with Crippen molar-refractivity contribution in [1.82, 2.24) is 0 Å². The van der Waals surface area contributed by atoms with Gasteiger partial charge in [0.2, 0.25) is 0 Å². The molecule has 0 atom stereocenters. The minimum atomic E-state index is -0.337. The highest BCUT2D eigenvalue weighted by Crippen LogP contribution is 2.13. The summed E-state index contributed by atoms with van der Waals surface area (Å²) < 4.78 is 10.1. The zero-order valence-electron chi connectivity index (χ0n) is 9.95. The Bertz CT molecular complexity index is 335. The van der Waals surface area contributed by atoms with E-state index in [1.54, 1.807) is 6.92 Å². The molecule has 4 heteroatoms. The summed E-state index contributed by atoms with van der Waals surface area (Å²) in [4.78, 5) is 11.1. The van der Waals surface area contributed by atoms with Crippen LogP contribution in [-0.4, -0.2) is 24.5 Å². The number of hydrogen-bond donors (Lipinski definition) is 0. The molecule has 0 heterocycles. The average molecular weight is 301 g/mol. The molecule has 0 aliphatic carbocycles. The Balaban J connectivity index is 2.37. The number of halogens is 1. The summed E-state index contributed by atoms with van der Waals surface area (Å²) >= 11 is 3.40. The maximum atomic E-state index is 11.1. The van der Waals surface area contributed by atoms with Gasteiger partial charge in [0.1, 0.15) is 5.75 Å². The van der Waals surface area contributed by atoms with E-state index in [0.29, 0.717) is 12.4 Å². The molecule has 0 bridgehead atoms. The van der Waals surface area contributed by atoms with Crippen LogP contribution in [0.4, 0.5) is 0 Å². The van der Waals surface area contributed by atoms with Gasteiger partial charge in [-0.1, -0.05) is 28.1 Å². The summed E-state index contributed by atoms with van der Waals surface area (Å²) in [6.45, 7) is 2.12. The Morgan fingerprint density at radius 3 is 2.59 bits per heavy atom. The van der Waals surface area contributed by atoms with Crippen LogP contribution in [0.2, 0.25) is 0 Å². The molecule has 0 aliphatic heterocycles. The predicted molar refractivity (Wildman–Crippen MR) is 70.7 cm³/mol. The van der Waals surface area contributed by atoms with Gasteiger partial charge in [-0.3, -0.25) is 0 Å². The van der Waals surface area contributed by atoms with Crippen LogP contribution in [0, 0.1) is 0 Å². The van der Waals surface area contributed by atoms with Gasteiger partial charge in [-0.25, -0.2) is 4.79 Å². The van der Waals surface area contributed by atoms with Crippen molar-refractivity contribution < 1.29 is 14.3 Å². The first-order valence-electron chi connectivity index (χ1n) is 5.69. The fourth-order valence-corrected chi connectivity index (χ4v) is 1.65. The maximum Gasteiger partial charge on any atom is 0.344 e. The summed E-state index contributed by atoms with van der Waals surface area (Å²) in [6.07, 6.45) is 2.16. The van der Waals surface area contributed by atoms with Gasteiger partial charge in [0.05, 0.1) is 6.61 Å². The Morgan fingerprint density at radius 2 is 2.00 bits per heavy atom. The van der Waals surface area contributed by atoms with Gasteiger partial charge in [-0.15, -0.1) is 0 Å². The standard InChI is InChI=1S/C13H17BrO3/c1-2-16-13(15)10-17-12-7-5-11(6-8-12)4-3-9-14/h5-8H,2-4,9-10H2,1H3. The van der Waals surface area contributed by atoms with Crippen LogP contribution in [0.5, 0.6) is 5.75 Å². The third kappa shape index (κ3) is 5.73. The van der Waals surface area contributed by atoms with Crippen molar-refractivity contribution in [2.45, 2.75) is 19.8 Å². The van der Waals surface area contributed by atoms with Crippen molar-refractivity contribution in [3.05, 3.63) is 29.8 Å². The van der Waals surface area contributed by atoms with Crippen molar-refractivity contribution >= 4 is 21.9 Å². The van der Waals surface area contributed by atoms with Gasteiger partial charge >= 0.3 is 5.97 Å². The average Bonchev–Trinajstić information content (AvgIpc) is 2.35. The SMILES string of the molecule is CCOC(=O)COc1ccc(CCCBr)cc1. The number of esters is 1. The van der Waals surface area contributed by atoms with Crippen LogP contribution in [-0.2, 0) is 16.0 Å². The molecule has 0 amide bonds. The van der Waals surface area contributed by atoms with E-state index >= 15 is 0 Å². The van der Waals surface area contributed by atoms with Crippen molar-refractivity contribution in [2.75, 3.05) is 18.5 Å². The van der Waals surface area contributed by atoms with Gasteiger partial charge < -0.3 is 9.47 Å². The molecule has 17 heavy (non-hydrogen) atoms. The van der Waals surface area contributed by atoms with Crippen molar-refractivity contribution in [2.24, 2.45) is 0 Å². The molecule has 0 spiro atoms. The van der Waals surface area contributed by atoms with Crippen LogP contribution >= 0.6 is 15.9 Å². The highest BCUT2D eigenvalue weighted by molar-refractivity contribution is 9.09. The lowest BCUT2D eigenvalue weighted by Crippen LogP contribution is -2.14. The Kier molecular flexibility index (Phi) is 6.70. The second kappa shape index (κ2) is 8.12. The van der Waals surface area contributed by atoms with Crippen molar-refractivity contribution in [3.63, 3.8) is 0 Å². The largest absolute Gasteiger partial charge is 0.482 e. The Morgan fingerprint density at radius 1 is 1.29 bits per heavy atom. The fourth-order valence-electron chi connectivity index (χ4n) is 1.37. The molecule has 1 aromatic rings. The second-order valence-electron chi connectivity index (χ2n) is 3.53. The Hall–Kier alpha value is -1.03. The van der Waals surface area contributed by atoms with Crippen LogP contribution in [0.1, 0.15) is 18.9 Å². The zero-order chi connectivity index (χ0) is 12.5. The normalized spacial score (nSPS) is 10.0. The number of alkyl halides is 1. The van der Waals surface area contributed by atoms with E-state index in [9.17, 15) is 4.79 Å². The van der Waals surface area contributed by atoms with Gasteiger partial charge in [0.15, 0.2) is 6.61 Å². The minimum absolute atomic E-state index is 0.0331. The lowest BCUT2D eigenvalue weighted by molar-refractivity contribution is -0.145. The molecule has 0 aromatic heterocycles. The predicted octanol–water partition coefficient (Wildman–Crippen LogP) is 2.96. The lowest BCUT2D eigenvalue weighted by atomic mass is 10.1. The summed E-state index contributed by atoms with van der Waals surface area (Å²) in [5, 5.41) is 1.01. The molecule has 0 fully saturated rings. The molecular weight excluding hydrogens is 284 g/mol. The van der Waals surface area contributed by atoms with Crippen LogP contribution in [0.25, 0.3) is 0 Å². The molecule has 0 saturated carbocycles. The number of carbonyl (C=O) groups is 1. The van der Waals surface area contributed by atoms with E-state index < -0.39 is 0 Å². The van der Waals surface area contributed by atoms with E-state index in [0.717, 1.165) is 18.2 Å². The van der Waals surface area contributed by atoms with E-state index in [4.69, 9.17) is 9.47 Å². The lowest BCUT2D eigenvalue weighted by Gasteiger charge is -2.06. The number of rotatable bonds is 7. The maximum absolute atomic E-state index is 11.1. The molecule has 0 unspecified atom stereocenters. The number of aryl methyl sites for hydroxylation is 1. The number of hydrogen-bond acceptors (Lipinski definition) is 3. The molecule has 1 aromatic carbocycles. The fraction of sp³-hybridized carbons (Fsp3) is 0.462. The first kappa shape index (κ1) is 14.0. The first-order chi connectivity index (χ1) is 8.26. The minimum Gasteiger partial charge on any atom is -0.482 e. The quantitative estimate of drug-likeness (QED) is 0.574. The molecule has 0 N–H and O–H groups in total. The molecule has 0 radical (unpaired) electrons. The highest BCUT2D eigenvalue weighted by Gasteiger charge is 2.02. The molecule has 94 valence electrons. The summed E-state index contributed by atoms with van der Waals surface area (Å²) in [7, 11) is 0. The van der Waals surface area contributed by atoms with E-state index in [-0.39, 0.29) is 12.6 Å². The van der Waals surface area contributed by atoms with E-state index in [1.165, 1.54) is 5.56 Å². The van der Waals surface area contributed by atoms with Gasteiger partial charge in [0.25, 0.3) is 0 Å². The molecule has 3 nitrogen and oxygen atoms in total. The molecule has 0 saturated heterocycles. The summed E-state index contributed by atoms with van der Waals surface area (Å²) in [5.74, 6) is 0.358. The Labute approximate surface area is 110 Å². The molecule has 0 aliphatic rings. The number of ether oxygens (including phenoxy) is 2. The molecular formula is C13H17BrO3. The van der Waals surface area contributed by atoms with Gasteiger partial charge in [0, 0.05) is 5.33 Å². The van der Waals surface area contributed by atoms with Crippen LogP contribution in [0.3, 0.4) is 0 Å². The third-order valence-electron chi connectivity index (χ3n) is 2.18. The monoisotopic (exact) mass is 300 g/mol. The van der Waals surface area contributed by atoms with Gasteiger partial charge in [-0.05, 0) is 37.5 Å². The highest BCUT2D eigenvalue weighted by atomic mass is 79.9. The van der Waals surface area contributed by atoms with E-state index in [1.807, 2.05) is 24.3 Å². The van der Waals surface area contributed by atoms with Crippen LogP contribution < -0.4 is 4.74 Å². The van der Waals surface area contributed by atoms with Crippen LogP contribution in [0.15, 0.2) is 24.3 Å². The van der Waals surface area contributed by atoms with Gasteiger partial charge in [-0.2, -0.15) is 0 Å². The smallest absolute Gasteiger partial charge is 0.344 e. The molecule has 1 rings (SSSR count). The van der Waals surface area contributed by atoms with E-state index in [2.05, 4.69) is 15.9 Å². The first-order valence-corrected chi connectivity index (χ1v) is 6.81. The second-order valence-corrected chi connectivity index (χ2v) is 4.32.